The summed E-state index contributed by atoms with van der Waals surface area (Å²) < 4.78 is 0. The Morgan fingerprint density at radius 1 is 0.714 bits per heavy atom. The minimum atomic E-state index is -0.371. The number of amides is 2. The molecule has 3 rings (SSSR count). The number of nitrogens with one attached hydrogen (secondary N) is 2. The van der Waals surface area contributed by atoms with Gasteiger partial charge in [0.15, 0.2) is 0 Å². The van der Waals surface area contributed by atoms with Gasteiger partial charge in [-0.3, -0.25) is 9.59 Å². The molecule has 1 heterocycles. The SMILES string of the molecule is O=C(NCc1cccc(Cl)c1)c1cccc(C(=O)NCc2cccc(Cl)c2)n1. The number of hydrogen-bond donors (Lipinski definition) is 2. The smallest absolute Gasteiger partial charge is 0.270 e. The van der Waals surface area contributed by atoms with Crippen molar-refractivity contribution in [1.29, 1.82) is 0 Å². The molecule has 1 aromatic heterocycles. The molecular weight excluding hydrogens is 397 g/mol. The second-order valence-electron chi connectivity index (χ2n) is 6.03. The average Bonchev–Trinajstić information content (AvgIpc) is 2.70. The van der Waals surface area contributed by atoms with E-state index in [1.807, 2.05) is 24.3 Å². The molecule has 0 spiro atoms. The molecule has 0 radical (unpaired) electrons. The van der Waals surface area contributed by atoms with Crippen LogP contribution in [0, 0.1) is 0 Å². The highest BCUT2D eigenvalue weighted by atomic mass is 35.5. The van der Waals surface area contributed by atoms with E-state index in [4.69, 9.17) is 23.2 Å². The predicted octanol–water partition coefficient (Wildman–Crippen LogP) is 4.25. The number of aromatic nitrogens is 1. The maximum atomic E-state index is 12.3. The Kier molecular flexibility index (Phi) is 6.63. The van der Waals surface area contributed by atoms with E-state index in [0.717, 1.165) is 11.1 Å². The normalized spacial score (nSPS) is 10.4. The molecule has 5 nitrogen and oxygen atoms in total. The van der Waals surface area contributed by atoms with Crippen molar-refractivity contribution in [3.63, 3.8) is 0 Å². The highest BCUT2D eigenvalue weighted by Crippen LogP contribution is 2.11. The Labute approximate surface area is 172 Å². The first-order valence-electron chi connectivity index (χ1n) is 8.53. The Bertz CT molecular complexity index is 931. The van der Waals surface area contributed by atoms with Gasteiger partial charge < -0.3 is 10.6 Å². The molecule has 28 heavy (non-hydrogen) atoms. The van der Waals surface area contributed by atoms with Crippen LogP contribution in [0.15, 0.2) is 66.7 Å². The van der Waals surface area contributed by atoms with Gasteiger partial charge in [0.1, 0.15) is 11.4 Å². The summed E-state index contributed by atoms with van der Waals surface area (Å²) in [5.74, 6) is -0.742. The van der Waals surface area contributed by atoms with Gasteiger partial charge in [0.25, 0.3) is 11.8 Å². The third kappa shape index (κ3) is 5.55. The molecule has 2 aromatic carbocycles. The summed E-state index contributed by atoms with van der Waals surface area (Å²) >= 11 is 11.9. The van der Waals surface area contributed by atoms with E-state index in [2.05, 4.69) is 15.6 Å². The molecule has 2 amide bonds. The second-order valence-corrected chi connectivity index (χ2v) is 6.91. The Morgan fingerprint density at radius 2 is 1.14 bits per heavy atom. The summed E-state index contributed by atoms with van der Waals surface area (Å²) in [5.41, 5.74) is 2.07. The van der Waals surface area contributed by atoms with Crippen molar-refractivity contribution in [2.24, 2.45) is 0 Å². The van der Waals surface area contributed by atoms with Crippen molar-refractivity contribution >= 4 is 35.0 Å². The van der Waals surface area contributed by atoms with Gasteiger partial charge in [-0.05, 0) is 47.5 Å². The minimum absolute atomic E-state index is 0.164. The zero-order valence-corrected chi connectivity index (χ0v) is 16.3. The van der Waals surface area contributed by atoms with E-state index in [1.54, 1.807) is 42.5 Å². The van der Waals surface area contributed by atoms with Crippen LogP contribution < -0.4 is 10.6 Å². The fourth-order valence-corrected chi connectivity index (χ4v) is 2.95. The van der Waals surface area contributed by atoms with E-state index in [-0.39, 0.29) is 23.2 Å². The Hall–Kier alpha value is -2.89. The van der Waals surface area contributed by atoms with Crippen molar-refractivity contribution in [2.75, 3.05) is 0 Å². The molecule has 7 heteroatoms. The molecular formula is C21H17Cl2N3O2. The summed E-state index contributed by atoms with van der Waals surface area (Å²) in [7, 11) is 0. The molecule has 0 aliphatic rings. The molecule has 0 saturated carbocycles. The highest BCUT2D eigenvalue weighted by molar-refractivity contribution is 6.30. The largest absolute Gasteiger partial charge is 0.347 e. The molecule has 2 N–H and O–H groups in total. The topological polar surface area (TPSA) is 71.1 Å². The quantitative estimate of drug-likeness (QED) is 0.634. The maximum Gasteiger partial charge on any atom is 0.270 e. The van der Waals surface area contributed by atoms with Crippen molar-refractivity contribution in [3.05, 3.63) is 99.3 Å². The summed E-state index contributed by atoms with van der Waals surface area (Å²) in [6, 6.07) is 19.2. The molecule has 142 valence electrons. The predicted molar refractivity (Wildman–Crippen MR) is 109 cm³/mol. The number of carbonyl (C=O) groups is 2. The van der Waals surface area contributed by atoms with Crippen LogP contribution >= 0.6 is 23.2 Å². The first kappa shape index (κ1) is 19.9. The number of rotatable bonds is 6. The number of hydrogen-bond acceptors (Lipinski definition) is 3. The summed E-state index contributed by atoms with van der Waals surface area (Å²) in [6.07, 6.45) is 0. The molecule has 0 aliphatic carbocycles. The first-order valence-corrected chi connectivity index (χ1v) is 9.29. The lowest BCUT2D eigenvalue weighted by atomic mass is 10.2. The molecule has 0 aliphatic heterocycles. The van der Waals surface area contributed by atoms with E-state index >= 15 is 0 Å². The zero-order chi connectivity index (χ0) is 19.9. The van der Waals surface area contributed by atoms with E-state index in [0.29, 0.717) is 23.1 Å². The van der Waals surface area contributed by atoms with Crippen LogP contribution in [0.1, 0.15) is 32.1 Å². The van der Waals surface area contributed by atoms with Crippen molar-refractivity contribution in [1.82, 2.24) is 15.6 Å². The van der Waals surface area contributed by atoms with Gasteiger partial charge in [-0.15, -0.1) is 0 Å². The molecule has 3 aromatic rings. The van der Waals surface area contributed by atoms with Gasteiger partial charge in [0, 0.05) is 23.1 Å². The number of carbonyl (C=O) groups excluding carboxylic acids is 2. The van der Waals surface area contributed by atoms with E-state index in [9.17, 15) is 9.59 Å². The van der Waals surface area contributed by atoms with Crippen LogP contribution in [0.5, 0.6) is 0 Å². The lowest BCUT2D eigenvalue weighted by Crippen LogP contribution is -2.27. The zero-order valence-electron chi connectivity index (χ0n) is 14.8. The van der Waals surface area contributed by atoms with Crippen LogP contribution in [0.2, 0.25) is 10.0 Å². The summed E-state index contributed by atoms with van der Waals surface area (Å²) in [6.45, 7) is 0.624. The van der Waals surface area contributed by atoms with Gasteiger partial charge in [-0.25, -0.2) is 4.98 Å². The Morgan fingerprint density at radius 3 is 1.57 bits per heavy atom. The monoisotopic (exact) mass is 413 g/mol. The van der Waals surface area contributed by atoms with Gasteiger partial charge in [-0.1, -0.05) is 53.5 Å². The van der Waals surface area contributed by atoms with E-state index in [1.165, 1.54) is 0 Å². The molecule has 0 bridgehead atoms. The lowest BCUT2D eigenvalue weighted by molar-refractivity contribution is 0.0941. The first-order chi connectivity index (χ1) is 13.5. The van der Waals surface area contributed by atoms with Crippen LogP contribution in [0.25, 0.3) is 0 Å². The summed E-state index contributed by atoms with van der Waals surface area (Å²) in [5, 5.41) is 6.73. The average molecular weight is 414 g/mol. The van der Waals surface area contributed by atoms with Crippen molar-refractivity contribution < 1.29 is 9.59 Å². The van der Waals surface area contributed by atoms with Gasteiger partial charge in [-0.2, -0.15) is 0 Å². The standard InChI is InChI=1S/C21H17Cl2N3O2/c22-16-6-1-4-14(10-16)12-24-20(27)18-8-3-9-19(26-18)21(28)25-13-15-5-2-7-17(23)11-15/h1-11H,12-13H2,(H,24,27)(H,25,28). The Balaban J connectivity index is 1.60. The molecule has 0 unspecified atom stereocenters. The maximum absolute atomic E-state index is 12.3. The van der Waals surface area contributed by atoms with E-state index < -0.39 is 0 Å². The summed E-state index contributed by atoms with van der Waals surface area (Å²) in [4.78, 5) is 28.8. The van der Waals surface area contributed by atoms with Crippen LogP contribution in [0.3, 0.4) is 0 Å². The molecule has 0 atom stereocenters. The highest BCUT2D eigenvalue weighted by Gasteiger charge is 2.12. The van der Waals surface area contributed by atoms with Gasteiger partial charge in [0.05, 0.1) is 0 Å². The van der Waals surface area contributed by atoms with Crippen molar-refractivity contribution in [3.8, 4) is 0 Å². The molecule has 0 saturated heterocycles. The number of nitrogens with zero attached hydrogens (tertiary/aromatic N) is 1. The van der Waals surface area contributed by atoms with Crippen LogP contribution in [-0.2, 0) is 13.1 Å². The minimum Gasteiger partial charge on any atom is -0.347 e. The fraction of sp³-hybridized carbons (Fsp3) is 0.0952. The lowest BCUT2D eigenvalue weighted by Gasteiger charge is -2.08. The van der Waals surface area contributed by atoms with Gasteiger partial charge >= 0.3 is 0 Å². The van der Waals surface area contributed by atoms with Crippen LogP contribution in [-0.4, -0.2) is 16.8 Å². The number of benzene rings is 2. The fourth-order valence-electron chi connectivity index (χ4n) is 2.53. The number of halogens is 2. The van der Waals surface area contributed by atoms with Crippen molar-refractivity contribution in [2.45, 2.75) is 13.1 Å². The van der Waals surface area contributed by atoms with Gasteiger partial charge in [0.2, 0.25) is 0 Å². The number of pyridine rings is 1. The second kappa shape index (κ2) is 9.35. The third-order valence-electron chi connectivity index (χ3n) is 3.90. The van der Waals surface area contributed by atoms with Crippen LogP contribution in [0.4, 0.5) is 0 Å². The molecule has 0 fully saturated rings. The third-order valence-corrected chi connectivity index (χ3v) is 4.37.